The lowest BCUT2D eigenvalue weighted by Gasteiger charge is -2.16. The minimum Gasteiger partial charge on any atom is -0.507 e. The lowest BCUT2D eigenvalue weighted by molar-refractivity contribution is 0.0693. The van der Waals surface area contributed by atoms with Crippen molar-refractivity contribution < 1.29 is 15.0 Å². The zero-order chi connectivity index (χ0) is 11.7. The van der Waals surface area contributed by atoms with Gasteiger partial charge in [-0.3, -0.25) is 0 Å². The van der Waals surface area contributed by atoms with Crippen LogP contribution in [0.3, 0.4) is 0 Å². The van der Waals surface area contributed by atoms with Crippen molar-refractivity contribution in [3.63, 3.8) is 0 Å². The molecular weight excluding hydrogens is 206 g/mol. The Labute approximate surface area is 93.9 Å². The van der Waals surface area contributed by atoms with Gasteiger partial charge in [-0.25, -0.2) is 4.79 Å². The SMILES string of the molecule is Cc1ccc(C(=O)O)c(O)c1[C@@H]1CCCN1. The quantitative estimate of drug-likeness (QED) is 0.712. The van der Waals surface area contributed by atoms with E-state index in [2.05, 4.69) is 5.32 Å². The Morgan fingerprint density at radius 1 is 1.50 bits per heavy atom. The molecule has 0 aromatic heterocycles. The molecule has 1 aromatic carbocycles. The molecule has 3 N–H and O–H groups in total. The molecule has 1 atom stereocenters. The second-order valence-electron chi connectivity index (χ2n) is 4.15. The topological polar surface area (TPSA) is 69.6 Å². The monoisotopic (exact) mass is 221 g/mol. The summed E-state index contributed by atoms with van der Waals surface area (Å²) in [5, 5.41) is 22.2. The van der Waals surface area contributed by atoms with Crippen molar-refractivity contribution in [2.75, 3.05) is 6.54 Å². The van der Waals surface area contributed by atoms with Crippen LogP contribution in [0.2, 0.25) is 0 Å². The maximum atomic E-state index is 10.9. The Bertz CT molecular complexity index is 423. The number of benzene rings is 1. The van der Waals surface area contributed by atoms with Crippen LogP contribution in [0.5, 0.6) is 5.75 Å². The van der Waals surface area contributed by atoms with Crippen LogP contribution < -0.4 is 5.32 Å². The highest BCUT2D eigenvalue weighted by atomic mass is 16.4. The summed E-state index contributed by atoms with van der Waals surface area (Å²) >= 11 is 0. The molecule has 1 fully saturated rings. The van der Waals surface area contributed by atoms with Gasteiger partial charge < -0.3 is 15.5 Å². The number of carboxylic acid groups (broad SMARTS) is 1. The van der Waals surface area contributed by atoms with Gasteiger partial charge in [0.2, 0.25) is 0 Å². The smallest absolute Gasteiger partial charge is 0.339 e. The van der Waals surface area contributed by atoms with Gasteiger partial charge in [0.15, 0.2) is 0 Å². The van der Waals surface area contributed by atoms with E-state index in [0.29, 0.717) is 0 Å². The van der Waals surface area contributed by atoms with E-state index in [1.54, 1.807) is 6.07 Å². The molecule has 1 aliphatic rings. The first kappa shape index (κ1) is 11.0. The molecule has 0 spiro atoms. The van der Waals surface area contributed by atoms with Crippen molar-refractivity contribution in [2.24, 2.45) is 0 Å². The van der Waals surface area contributed by atoms with Gasteiger partial charge in [0.05, 0.1) is 0 Å². The second kappa shape index (κ2) is 4.14. The van der Waals surface area contributed by atoms with Crippen molar-refractivity contribution in [1.29, 1.82) is 0 Å². The van der Waals surface area contributed by atoms with Gasteiger partial charge in [0, 0.05) is 11.6 Å². The van der Waals surface area contributed by atoms with E-state index in [0.717, 1.165) is 30.5 Å². The first-order valence-corrected chi connectivity index (χ1v) is 5.40. The van der Waals surface area contributed by atoms with Gasteiger partial charge in [-0.2, -0.15) is 0 Å². The maximum Gasteiger partial charge on any atom is 0.339 e. The summed E-state index contributed by atoms with van der Waals surface area (Å²) in [7, 11) is 0. The molecule has 1 saturated heterocycles. The molecule has 1 heterocycles. The number of hydrogen-bond acceptors (Lipinski definition) is 3. The first-order valence-electron chi connectivity index (χ1n) is 5.40. The molecule has 2 rings (SSSR count). The fourth-order valence-corrected chi connectivity index (χ4v) is 2.25. The third-order valence-electron chi connectivity index (χ3n) is 3.07. The van der Waals surface area contributed by atoms with Crippen molar-refractivity contribution in [3.05, 3.63) is 28.8 Å². The Morgan fingerprint density at radius 3 is 2.81 bits per heavy atom. The zero-order valence-electron chi connectivity index (χ0n) is 9.16. The standard InChI is InChI=1S/C12H15NO3/c1-7-4-5-8(12(15)16)11(14)10(7)9-3-2-6-13-9/h4-5,9,13-14H,2-3,6H2,1H3,(H,15,16)/t9-/m0/s1. The van der Waals surface area contributed by atoms with Crippen LogP contribution in [0.15, 0.2) is 12.1 Å². The van der Waals surface area contributed by atoms with Crippen LogP contribution in [0.4, 0.5) is 0 Å². The summed E-state index contributed by atoms with van der Waals surface area (Å²) in [6.45, 7) is 2.81. The lowest BCUT2D eigenvalue weighted by Crippen LogP contribution is -2.15. The Balaban J connectivity index is 2.49. The summed E-state index contributed by atoms with van der Waals surface area (Å²) in [6, 6.07) is 3.28. The van der Waals surface area contributed by atoms with E-state index in [-0.39, 0.29) is 17.4 Å². The number of aromatic carboxylic acids is 1. The van der Waals surface area contributed by atoms with Gasteiger partial charge in [-0.15, -0.1) is 0 Å². The van der Waals surface area contributed by atoms with Gasteiger partial charge in [-0.05, 0) is 37.9 Å². The number of nitrogens with one attached hydrogen (secondary N) is 1. The molecule has 16 heavy (non-hydrogen) atoms. The average molecular weight is 221 g/mol. The van der Waals surface area contributed by atoms with E-state index in [9.17, 15) is 9.90 Å². The van der Waals surface area contributed by atoms with Gasteiger partial charge in [0.1, 0.15) is 11.3 Å². The molecule has 0 saturated carbocycles. The van der Waals surface area contributed by atoms with Crippen LogP contribution in [-0.4, -0.2) is 22.7 Å². The molecule has 0 bridgehead atoms. The van der Waals surface area contributed by atoms with Crippen LogP contribution in [0, 0.1) is 6.92 Å². The Morgan fingerprint density at radius 2 is 2.25 bits per heavy atom. The van der Waals surface area contributed by atoms with Gasteiger partial charge >= 0.3 is 5.97 Å². The molecule has 0 aliphatic carbocycles. The minimum atomic E-state index is -1.09. The van der Waals surface area contributed by atoms with E-state index in [1.165, 1.54) is 6.07 Å². The highest BCUT2D eigenvalue weighted by Gasteiger charge is 2.24. The van der Waals surface area contributed by atoms with Crippen molar-refractivity contribution in [1.82, 2.24) is 5.32 Å². The summed E-state index contributed by atoms with van der Waals surface area (Å²) in [4.78, 5) is 10.9. The molecule has 1 aliphatic heterocycles. The van der Waals surface area contributed by atoms with Gasteiger partial charge in [0.25, 0.3) is 0 Å². The van der Waals surface area contributed by atoms with E-state index in [1.807, 2.05) is 6.92 Å². The normalized spacial score (nSPS) is 19.9. The van der Waals surface area contributed by atoms with Crippen LogP contribution in [0.1, 0.15) is 40.4 Å². The predicted octanol–water partition coefficient (Wildman–Crippen LogP) is 1.82. The zero-order valence-corrected chi connectivity index (χ0v) is 9.16. The minimum absolute atomic E-state index is 0.0192. The number of hydrogen-bond donors (Lipinski definition) is 3. The first-order chi connectivity index (χ1) is 7.61. The lowest BCUT2D eigenvalue weighted by atomic mass is 9.96. The second-order valence-corrected chi connectivity index (χ2v) is 4.15. The Hall–Kier alpha value is -1.55. The number of rotatable bonds is 2. The van der Waals surface area contributed by atoms with Gasteiger partial charge in [-0.1, -0.05) is 6.07 Å². The molecule has 0 unspecified atom stereocenters. The third kappa shape index (κ3) is 1.76. The molecule has 4 heteroatoms. The summed E-state index contributed by atoms with van der Waals surface area (Å²) < 4.78 is 0. The molecule has 1 aromatic rings. The van der Waals surface area contributed by atoms with Crippen LogP contribution in [-0.2, 0) is 0 Å². The fourth-order valence-electron chi connectivity index (χ4n) is 2.25. The maximum absolute atomic E-state index is 10.9. The Kier molecular flexibility index (Phi) is 2.83. The number of carboxylic acids is 1. The van der Waals surface area contributed by atoms with Crippen LogP contribution in [0.25, 0.3) is 0 Å². The average Bonchev–Trinajstić information content (AvgIpc) is 2.70. The number of aryl methyl sites for hydroxylation is 1. The number of phenols is 1. The third-order valence-corrected chi connectivity index (χ3v) is 3.07. The van der Waals surface area contributed by atoms with E-state index in [4.69, 9.17) is 5.11 Å². The fraction of sp³-hybridized carbons (Fsp3) is 0.417. The number of carbonyl (C=O) groups is 1. The van der Waals surface area contributed by atoms with E-state index < -0.39 is 5.97 Å². The molecule has 86 valence electrons. The summed E-state index contributed by atoms with van der Waals surface area (Å²) in [5.41, 5.74) is 1.65. The molecule has 0 radical (unpaired) electrons. The summed E-state index contributed by atoms with van der Waals surface area (Å²) in [6.07, 6.45) is 2.00. The molecule has 0 amide bonds. The largest absolute Gasteiger partial charge is 0.507 e. The highest BCUT2D eigenvalue weighted by Crippen LogP contribution is 2.35. The predicted molar refractivity (Wildman–Crippen MR) is 59.8 cm³/mol. The summed E-state index contributed by atoms with van der Waals surface area (Å²) in [5.74, 6) is -1.18. The van der Waals surface area contributed by atoms with Crippen molar-refractivity contribution in [3.8, 4) is 5.75 Å². The van der Waals surface area contributed by atoms with Crippen molar-refractivity contribution >= 4 is 5.97 Å². The number of aromatic hydroxyl groups is 1. The molecular formula is C12H15NO3. The van der Waals surface area contributed by atoms with E-state index >= 15 is 0 Å². The van der Waals surface area contributed by atoms with Crippen molar-refractivity contribution in [2.45, 2.75) is 25.8 Å². The highest BCUT2D eigenvalue weighted by molar-refractivity contribution is 5.91. The molecule has 4 nitrogen and oxygen atoms in total. The van der Waals surface area contributed by atoms with Crippen LogP contribution >= 0.6 is 0 Å².